The van der Waals surface area contributed by atoms with Crippen LogP contribution in [-0.4, -0.2) is 56.2 Å². The molecule has 1 aromatic rings. The molecule has 3 unspecified atom stereocenters. The van der Waals surface area contributed by atoms with Crippen LogP contribution in [0, 0.1) is 5.92 Å². The molecule has 0 N–H and O–H groups in total. The molecule has 3 atom stereocenters. The van der Waals surface area contributed by atoms with Crippen molar-refractivity contribution in [3.8, 4) is 0 Å². The molecule has 0 bridgehead atoms. The molecule has 0 spiro atoms. The van der Waals surface area contributed by atoms with Crippen LogP contribution in [0.2, 0.25) is 0 Å². The van der Waals surface area contributed by atoms with Crippen LogP contribution in [0.5, 0.6) is 0 Å². The van der Waals surface area contributed by atoms with Crippen molar-refractivity contribution in [3.63, 3.8) is 0 Å². The summed E-state index contributed by atoms with van der Waals surface area (Å²) in [6.07, 6.45) is -1.01. The Balaban J connectivity index is 3.20. The number of carbonyl (C=O) groups excluding carboxylic acids is 3. The molecular formula is C25H38O8. The number of benzene rings is 1. The van der Waals surface area contributed by atoms with Crippen LogP contribution in [-0.2, 0) is 23.7 Å². The Morgan fingerprint density at radius 2 is 1.45 bits per heavy atom. The van der Waals surface area contributed by atoms with Crippen molar-refractivity contribution < 1.29 is 38.1 Å². The second-order valence-corrected chi connectivity index (χ2v) is 7.95. The van der Waals surface area contributed by atoms with Crippen LogP contribution in [0.25, 0.3) is 0 Å². The Labute approximate surface area is 196 Å². The predicted octanol–water partition coefficient (Wildman–Crippen LogP) is 4.79. The van der Waals surface area contributed by atoms with E-state index in [4.69, 9.17) is 23.7 Å². The summed E-state index contributed by atoms with van der Waals surface area (Å²) in [5, 5.41) is 0. The van der Waals surface area contributed by atoms with E-state index >= 15 is 0 Å². The van der Waals surface area contributed by atoms with Gasteiger partial charge in [0.1, 0.15) is 6.10 Å². The van der Waals surface area contributed by atoms with E-state index in [1.165, 1.54) is 18.2 Å². The molecule has 186 valence electrons. The van der Waals surface area contributed by atoms with Gasteiger partial charge in [-0.3, -0.25) is 4.79 Å². The lowest BCUT2D eigenvalue weighted by molar-refractivity contribution is -0.107. The minimum Gasteiger partial charge on any atom is -0.432 e. The molecule has 8 nitrogen and oxygen atoms in total. The molecule has 0 amide bonds. The van der Waals surface area contributed by atoms with E-state index < -0.39 is 30.6 Å². The summed E-state index contributed by atoms with van der Waals surface area (Å²) in [5.41, 5.74) is 0.128. The van der Waals surface area contributed by atoms with E-state index in [0.29, 0.717) is 32.2 Å². The topological polar surface area (TPSA) is 97.4 Å². The van der Waals surface area contributed by atoms with Crippen LogP contribution in [0.15, 0.2) is 18.2 Å². The monoisotopic (exact) mass is 466 g/mol. The van der Waals surface area contributed by atoms with E-state index in [0.717, 1.165) is 6.42 Å². The van der Waals surface area contributed by atoms with Crippen molar-refractivity contribution in [1.29, 1.82) is 0 Å². The molecule has 0 aliphatic heterocycles. The highest BCUT2D eigenvalue weighted by Gasteiger charge is 2.26. The molecule has 1 aromatic carbocycles. The summed E-state index contributed by atoms with van der Waals surface area (Å²) in [5.74, 6) is -1.39. The lowest BCUT2D eigenvalue weighted by Crippen LogP contribution is -2.26. The maximum atomic E-state index is 12.9. The normalized spacial score (nSPS) is 13.9. The molecule has 0 aliphatic carbocycles. The van der Waals surface area contributed by atoms with Crippen molar-refractivity contribution in [2.24, 2.45) is 5.92 Å². The summed E-state index contributed by atoms with van der Waals surface area (Å²) < 4.78 is 27.0. The van der Waals surface area contributed by atoms with E-state index in [-0.39, 0.29) is 22.5 Å². The van der Waals surface area contributed by atoms with Crippen LogP contribution in [0.4, 0.5) is 0 Å². The Hall–Kier alpha value is -2.29. The summed E-state index contributed by atoms with van der Waals surface area (Å²) in [6, 6.07) is 4.20. The predicted molar refractivity (Wildman–Crippen MR) is 123 cm³/mol. The molecule has 1 rings (SSSR count). The highest BCUT2D eigenvalue weighted by atomic mass is 16.7. The van der Waals surface area contributed by atoms with Crippen molar-refractivity contribution in [1.82, 2.24) is 0 Å². The number of rotatable bonds is 15. The quantitative estimate of drug-likeness (QED) is 0.207. The zero-order chi connectivity index (χ0) is 25.0. The van der Waals surface area contributed by atoms with Gasteiger partial charge in [-0.25, -0.2) is 9.59 Å². The van der Waals surface area contributed by atoms with E-state index in [2.05, 4.69) is 13.8 Å². The number of carbonyl (C=O) groups is 3. The van der Waals surface area contributed by atoms with Gasteiger partial charge in [0.2, 0.25) is 6.29 Å². The number of hydrogen-bond acceptors (Lipinski definition) is 8. The van der Waals surface area contributed by atoms with E-state index in [1.54, 1.807) is 27.7 Å². The van der Waals surface area contributed by atoms with Gasteiger partial charge in [-0.15, -0.1) is 0 Å². The molecule has 0 heterocycles. The first kappa shape index (κ1) is 28.7. The SMILES string of the molecule is CCOC(C)OC(=O)c1ccc(C(=O)C(C)OCCC(C)C)cc1C(=O)OC(CC)OCC. The number of Topliss-reactive ketones (excluding diaryl/α,β-unsaturated/α-hetero) is 1. The molecule has 8 heteroatoms. The number of ketones is 1. The van der Waals surface area contributed by atoms with Crippen molar-refractivity contribution in [2.75, 3.05) is 19.8 Å². The zero-order valence-corrected chi connectivity index (χ0v) is 20.8. The zero-order valence-electron chi connectivity index (χ0n) is 20.8. The molecule has 0 saturated heterocycles. The van der Waals surface area contributed by atoms with Gasteiger partial charge in [0.25, 0.3) is 0 Å². The fourth-order valence-corrected chi connectivity index (χ4v) is 2.92. The molecule has 0 fully saturated rings. The first-order chi connectivity index (χ1) is 15.6. The Morgan fingerprint density at radius 1 is 0.818 bits per heavy atom. The molecule has 0 radical (unpaired) electrons. The fourth-order valence-electron chi connectivity index (χ4n) is 2.92. The van der Waals surface area contributed by atoms with E-state index in [1.807, 2.05) is 6.92 Å². The average molecular weight is 467 g/mol. The number of ether oxygens (including phenoxy) is 5. The molecule has 0 aliphatic rings. The van der Waals surface area contributed by atoms with Gasteiger partial charge >= 0.3 is 11.9 Å². The van der Waals surface area contributed by atoms with Crippen molar-refractivity contribution >= 4 is 17.7 Å². The second kappa shape index (κ2) is 14.8. The fraction of sp³-hybridized carbons (Fsp3) is 0.640. The summed E-state index contributed by atoms with van der Waals surface area (Å²) in [4.78, 5) is 38.5. The van der Waals surface area contributed by atoms with Crippen LogP contribution >= 0.6 is 0 Å². The molecular weight excluding hydrogens is 428 g/mol. The number of hydrogen-bond donors (Lipinski definition) is 0. The molecule has 33 heavy (non-hydrogen) atoms. The Bertz CT molecular complexity index is 774. The minimum atomic E-state index is -0.797. The Kier molecular flexibility index (Phi) is 12.9. The highest BCUT2D eigenvalue weighted by molar-refractivity contribution is 6.07. The van der Waals surface area contributed by atoms with Gasteiger partial charge in [-0.05, 0) is 52.2 Å². The maximum Gasteiger partial charge on any atom is 0.341 e. The lowest BCUT2D eigenvalue weighted by atomic mass is 9.99. The maximum absolute atomic E-state index is 12.9. The minimum absolute atomic E-state index is 0.0252. The summed E-state index contributed by atoms with van der Waals surface area (Å²) in [6.45, 7) is 13.9. The average Bonchev–Trinajstić information content (AvgIpc) is 2.77. The van der Waals surface area contributed by atoms with Gasteiger partial charge in [0.15, 0.2) is 12.1 Å². The third kappa shape index (κ3) is 9.61. The van der Waals surface area contributed by atoms with Crippen molar-refractivity contribution in [2.45, 2.75) is 80.0 Å². The Morgan fingerprint density at radius 3 is 2.03 bits per heavy atom. The smallest absolute Gasteiger partial charge is 0.341 e. The van der Waals surface area contributed by atoms with E-state index in [9.17, 15) is 14.4 Å². The summed E-state index contributed by atoms with van der Waals surface area (Å²) in [7, 11) is 0. The third-order valence-electron chi connectivity index (χ3n) is 4.77. The summed E-state index contributed by atoms with van der Waals surface area (Å²) >= 11 is 0. The molecule has 0 saturated carbocycles. The van der Waals surface area contributed by atoms with Crippen LogP contribution < -0.4 is 0 Å². The molecule has 0 aromatic heterocycles. The lowest BCUT2D eigenvalue weighted by Gasteiger charge is -2.19. The third-order valence-corrected chi connectivity index (χ3v) is 4.77. The standard InChI is InChI=1S/C25H38O8/c1-8-22(30-10-3)33-25(28)21-15-19(23(26)17(6)31-14-13-16(4)5)11-12-20(21)24(27)32-18(7)29-9-2/h11-12,15-18,22H,8-10,13-14H2,1-7H3. The van der Waals surface area contributed by atoms with Crippen molar-refractivity contribution in [3.05, 3.63) is 34.9 Å². The largest absolute Gasteiger partial charge is 0.432 e. The second-order valence-electron chi connectivity index (χ2n) is 7.95. The first-order valence-corrected chi connectivity index (χ1v) is 11.6. The van der Waals surface area contributed by atoms with Gasteiger partial charge in [-0.2, -0.15) is 0 Å². The van der Waals surface area contributed by atoms with Gasteiger partial charge in [0, 0.05) is 31.8 Å². The van der Waals surface area contributed by atoms with Gasteiger partial charge in [0.05, 0.1) is 11.1 Å². The highest BCUT2D eigenvalue weighted by Crippen LogP contribution is 2.19. The number of esters is 2. The van der Waals surface area contributed by atoms with Gasteiger partial charge in [-0.1, -0.05) is 26.8 Å². The van der Waals surface area contributed by atoms with Gasteiger partial charge < -0.3 is 23.7 Å². The van der Waals surface area contributed by atoms with Crippen LogP contribution in [0.1, 0.15) is 92.4 Å². The van der Waals surface area contributed by atoms with Crippen LogP contribution in [0.3, 0.4) is 0 Å². The first-order valence-electron chi connectivity index (χ1n) is 11.6.